The van der Waals surface area contributed by atoms with Crippen LogP contribution in [0, 0.1) is 0 Å². The molecule has 2 aliphatic rings. The second kappa shape index (κ2) is 11.0. The lowest BCUT2D eigenvalue weighted by Crippen LogP contribution is -2.51. The molecule has 1 aromatic heterocycles. The topological polar surface area (TPSA) is 64.5 Å². The van der Waals surface area contributed by atoms with Gasteiger partial charge in [-0.3, -0.25) is 0 Å². The zero-order chi connectivity index (χ0) is 21.3. The molecule has 6 heteroatoms. The summed E-state index contributed by atoms with van der Waals surface area (Å²) in [6.07, 6.45) is 9.14. The van der Waals surface area contributed by atoms with E-state index in [0.29, 0.717) is 18.6 Å². The van der Waals surface area contributed by atoms with E-state index in [1.807, 2.05) is 36.4 Å². The van der Waals surface area contributed by atoms with Crippen LogP contribution in [0.2, 0.25) is 0 Å². The summed E-state index contributed by atoms with van der Waals surface area (Å²) >= 11 is 0. The number of nitrogens with one attached hydrogen (secondary N) is 1. The molecule has 3 atom stereocenters. The van der Waals surface area contributed by atoms with Gasteiger partial charge in [-0.05, 0) is 31.5 Å². The molecule has 30 heavy (non-hydrogen) atoms. The number of nitrogens with zero attached hydrogens (tertiary/aromatic N) is 4. The first-order valence-electron chi connectivity index (χ1n) is 11.1. The van der Waals surface area contributed by atoms with E-state index in [-0.39, 0.29) is 0 Å². The molecular formula is C24H35N5O. The van der Waals surface area contributed by atoms with E-state index in [9.17, 15) is 5.11 Å². The number of aliphatic hydroxyl groups is 1. The molecule has 4 rings (SSSR count). The van der Waals surface area contributed by atoms with Gasteiger partial charge in [0.05, 0.1) is 6.10 Å². The van der Waals surface area contributed by atoms with Crippen LogP contribution in [0.3, 0.4) is 0 Å². The van der Waals surface area contributed by atoms with Crippen LogP contribution in [-0.2, 0) is 0 Å². The normalized spacial score (nSPS) is 21.3. The Balaban J connectivity index is 0.000000806. The van der Waals surface area contributed by atoms with Crippen molar-refractivity contribution in [1.82, 2.24) is 14.9 Å². The Kier molecular flexibility index (Phi) is 8.08. The predicted molar refractivity (Wildman–Crippen MR) is 124 cm³/mol. The van der Waals surface area contributed by atoms with E-state index in [4.69, 9.17) is 0 Å². The minimum atomic E-state index is -0.565. The Labute approximate surface area is 180 Å². The molecular weight excluding hydrogens is 374 g/mol. The van der Waals surface area contributed by atoms with Crippen molar-refractivity contribution in [2.24, 2.45) is 0 Å². The summed E-state index contributed by atoms with van der Waals surface area (Å²) in [5.41, 5.74) is 0.899. The second-order valence-corrected chi connectivity index (χ2v) is 8.00. The van der Waals surface area contributed by atoms with Gasteiger partial charge in [0, 0.05) is 37.8 Å². The summed E-state index contributed by atoms with van der Waals surface area (Å²) in [6, 6.07) is 12.8. The van der Waals surface area contributed by atoms with Gasteiger partial charge in [-0.15, -0.1) is 0 Å². The number of piperazine rings is 1. The van der Waals surface area contributed by atoms with Gasteiger partial charge in [-0.1, -0.05) is 56.7 Å². The smallest absolute Gasteiger partial charge is 0.134 e. The van der Waals surface area contributed by atoms with Crippen molar-refractivity contribution in [3.8, 4) is 0 Å². The third-order valence-electron chi connectivity index (χ3n) is 5.50. The Morgan fingerprint density at radius 1 is 1.13 bits per heavy atom. The lowest BCUT2D eigenvalue weighted by molar-refractivity contribution is 0.191. The largest absolute Gasteiger partial charge is 0.387 e. The van der Waals surface area contributed by atoms with Crippen LogP contribution < -0.4 is 10.2 Å². The SMILES string of the molecule is C/C=C\N1C2CCC1CN(c1cc(NCC(O)c3ccccc3)ncn1)C2.CCC. The van der Waals surface area contributed by atoms with Crippen LogP contribution in [0.25, 0.3) is 0 Å². The number of rotatable bonds is 6. The molecule has 2 aliphatic heterocycles. The summed E-state index contributed by atoms with van der Waals surface area (Å²) in [5, 5.41) is 13.6. The van der Waals surface area contributed by atoms with Crippen LogP contribution in [0.4, 0.5) is 11.6 Å². The van der Waals surface area contributed by atoms with Gasteiger partial charge in [-0.25, -0.2) is 9.97 Å². The minimum absolute atomic E-state index is 0.417. The molecule has 0 spiro atoms. The number of aromatic nitrogens is 2. The zero-order valence-corrected chi connectivity index (χ0v) is 18.4. The molecule has 0 saturated carbocycles. The molecule has 0 radical (unpaired) electrons. The number of aliphatic hydroxyl groups excluding tert-OH is 1. The Morgan fingerprint density at radius 3 is 2.43 bits per heavy atom. The van der Waals surface area contributed by atoms with E-state index < -0.39 is 6.10 Å². The zero-order valence-electron chi connectivity index (χ0n) is 18.4. The molecule has 0 amide bonds. The second-order valence-electron chi connectivity index (χ2n) is 8.00. The highest BCUT2D eigenvalue weighted by atomic mass is 16.3. The van der Waals surface area contributed by atoms with E-state index in [1.165, 1.54) is 19.3 Å². The minimum Gasteiger partial charge on any atom is -0.387 e. The fourth-order valence-corrected chi connectivity index (χ4v) is 4.15. The number of hydrogen-bond acceptors (Lipinski definition) is 6. The number of fused-ring (bicyclic) bond motifs is 2. The monoisotopic (exact) mass is 409 g/mol. The van der Waals surface area contributed by atoms with E-state index in [0.717, 1.165) is 30.3 Å². The van der Waals surface area contributed by atoms with Crippen molar-refractivity contribution in [3.63, 3.8) is 0 Å². The molecule has 3 heterocycles. The van der Waals surface area contributed by atoms with Gasteiger partial charge in [0.25, 0.3) is 0 Å². The summed E-state index contributed by atoms with van der Waals surface area (Å²) < 4.78 is 0. The molecule has 2 aromatic rings. The average Bonchev–Trinajstić information content (AvgIpc) is 3.00. The maximum absolute atomic E-state index is 10.3. The van der Waals surface area contributed by atoms with Gasteiger partial charge < -0.3 is 20.2 Å². The maximum Gasteiger partial charge on any atom is 0.134 e. The molecule has 1 aromatic carbocycles. The first-order valence-corrected chi connectivity index (χ1v) is 11.1. The third kappa shape index (κ3) is 5.51. The van der Waals surface area contributed by atoms with Crippen LogP contribution >= 0.6 is 0 Å². The average molecular weight is 410 g/mol. The lowest BCUT2D eigenvalue weighted by atomic mass is 10.1. The van der Waals surface area contributed by atoms with Crippen LogP contribution in [0.1, 0.15) is 51.7 Å². The fraction of sp³-hybridized carbons (Fsp3) is 0.500. The first-order chi connectivity index (χ1) is 14.7. The van der Waals surface area contributed by atoms with E-state index >= 15 is 0 Å². The van der Waals surface area contributed by atoms with Crippen molar-refractivity contribution in [2.45, 2.75) is 58.2 Å². The quantitative estimate of drug-likeness (QED) is 0.745. The lowest BCUT2D eigenvalue weighted by Gasteiger charge is -2.41. The van der Waals surface area contributed by atoms with Crippen molar-refractivity contribution in [2.75, 3.05) is 29.9 Å². The molecule has 2 fully saturated rings. The molecule has 162 valence electrons. The highest BCUT2D eigenvalue weighted by molar-refractivity contribution is 5.49. The Hall–Kier alpha value is -2.60. The fourth-order valence-electron chi connectivity index (χ4n) is 4.15. The number of anilines is 2. The molecule has 2 saturated heterocycles. The number of hydrogen-bond donors (Lipinski definition) is 2. The molecule has 2 N–H and O–H groups in total. The van der Waals surface area contributed by atoms with Crippen LogP contribution in [0.5, 0.6) is 0 Å². The van der Waals surface area contributed by atoms with Gasteiger partial charge in [-0.2, -0.15) is 0 Å². The van der Waals surface area contributed by atoms with Gasteiger partial charge in [0.1, 0.15) is 18.0 Å². The summed E-state index contributed by atoms with van der Waals surface area (Å²) in [5.74, 6) is 1.71. The van der Waals surface area contributed by atoms with E-state index in [2.05, 4.69) is 58.1 Å². The van der Waals surface area contributed by atoms with Gasteiger partial charge >= 0.3 is 0 Å². The third-order valence-corrected chi connectivity index (χ3v) is 5.50. The van der Waals surface area contributed by atoms with Crippen LogP contribution in [-0.4, -0.2) is 51.7 Å². The molecule has 3 unspecified atom stereocenters. The number of benzene rings is 1. The van der Waals surface area contributed by atoms with Crippen molar-refractivity contribution < 1.29 is 5.11 Å². The standard InChI is InChI=1S/C21H27N5O.C3H8/c1-2-10-26-17-8-9-18(26)14-25(13-17)21-11-20(23-15-24-21)22-12-19(27)16-6-4-3-5-7-16;1-3-2/h2-7,10-11,15,17-19,27H,8-9,12-14H2,1H3,(H,22,23,24);3H2,1-2H3/b10-2-;. The molecule has 2 bridgehead atoms. The van der Waals surface area contributed by atoms with E-state index in [1.54, 1.807) is 6.33 Å². The highest BCUT2D eigenvalue weighted by Crippen LogP contribution is 2.32. The molecule has 0 aliphatic carbocycles. The Bertz CT molecular complexity index is 783. The Morgan fingerprint density at radius 2 is 1.80 bits per heavy atom. The summed E-state index contributed by atoms with van der Waals surface area (Å²) in [4.78, 5) is 13.7. The van der Waals surface area contributed by atoms with Crippen molar-refractivity contribution >= 4 is 11.6 Å². The highest BCUT2D eigenvalue weighted by Gasteiger charge is 2.38. The summed E-state index contributed by atoms with van der Waals surface area (Å²) in [6.45, 7) is 8.73. The number of allylic oxidation sites excluding steroid dienone is 1. The van der Waals surface area contributed by atoms with Crippen molar-refractivity contribution in [3.05, 3.63) is 60.6 Å². The van der Waals surface area contributed by atoms with Crippen molar-refractivity contribution in [1.29, 1.82) is 0 Å². The predicted octanol–water partition coefficient (Wildman–Crippen LogP) is 4.23. The summed E-state index contributed by atoms with van der Waals surface area (Å²) in [7, 11) is 0. The molecule has 6 nitrogen and oxygen atoms in total. The van der Waals surface area contributed by atoms with Gasteiger partial charge in [0.2, 0.25) is 0 Å². The first kappa shape index (κ1) is 22.1. The van der Waals surface area contributed by atoms with Gasteiger partial charge in [0.15, 0.2) is 0 Å². The van der Waals surface area contributed by atoms with Crippen LogP contribution in [0.15, 0.2) is 55.0 Å². The maximum atomic E-state index is 10.3.